The fourth-order valence-electron chi connectivity index (χ4n) is 1.89. The van der Waals surface area contributed by atoms with Crippen LogP contribution in [-0.2, 0) is 9.53 Å². The number of halogens is 2. The topological polar surface area (TPSA) is 106 Å². The first kappa shape index (κ1) is 17.3. The molecule has 0 bridgehead atoms. The van der Waals surface area contributed by atoms with Gasteiger partial charge in [-0.2, -0.15) is 0 Å². The normalized spacial score (nSPS) is 14.1. The monoisotopic (exact) mass is 335 g/mol. The van der Waals surface area contributed by atoms with E-state index < -0.39 is 17.9 Å². The fraction of sp³-hybridized carbons (Fsp3) is 0.417. The lowest BCUT2D eigenvalue weighted by molar-refractivity contribution is -0.142. The number of anilines is 2. The van der Waals surface area contributed by atoms with Crippen molar-refractivity contribution in [2.45, 2.75) is 6.92 Å². The van der Waals surface area contributed by atoms with E-state index >= 15 is 0 Å². The lowest BCUT2D eigenvalue weighted by Gasteiger charge is -2.38. The van der Waals surface area contributed by atoms with Crippen LogP contribution in [0.3, 0.4) is 0 Å². The number of aliphatic carboxylic acids is 1. The highest BCUT2D eigenvalue weighted by Gasteiger charge is 2.35. The van der Waals surface area contributed by atoms with Crippen LogP contribution in [0.25, 0.3) is 0 Å². The van der Waals surface area contributed by atoms with Crippen LogP contribution >= 0.6 is 24.0 Å². The molecule has 1 fully saturated rings. The molecule has 21 heavy (non-hydrogen) atoms. The molecule has 0 spiro atoms. The van der Waals surface area contributed by atoms with E-state index in [4.69, 9.17) is 27.2 Å². The Bertz CT molecular complexity index is 562. The number of aromatic nitrogens is 1. The van der Waals surface area contributed by atoms with Crippen molar-refractivity contribution in [1.29, 1.82) is 0 Å². The van der Waals surface area contributed by atoms with Crippen LogP contribution in [0.5, 0.6) is 0 Å². The van der Waals surface area contributed by atoms with Crippen molar-refractivity contribution in [3.05, 3.63) is 16.8 Å². The van der Waals surface area contributed by atoms with Gasteiger partial charge >= 0.3 is 11.9 Å². The fourth-order valence-corrected chi connectivity index (χ4v) is 2.16. The summed E-state index contributed by atoms with van der Waals surface area (Å²) in [6.45, 7) is 2.55. The molecule has 2 rings (SSSR count). The Morgan fingerprint density at radius 2 is 2.19 bits per heavy atom. The van der Waals surface area contributed by atoms with Crippen LogP contribution in [0.2, 0.25) is 5.02 Å². The lowest BCUT2D eigenvalue weighted by atomic mass is 10.0. The van der Waals surface area contributed by atoms with Crippen LogP contribution in [-0.4, -0.2) is 41.7 Å². The van der Waals surface area contributed by atoms with Gasteiger partial charge in [0.2, 0.25) is 0 Å². The summed E-state index contributed by atoms with van der Waals surface area (Å²) >= 11 is 6.09. The number of pyridine rings is 1. The minimum atomic E-state index is -0.853. The molecule has 0 aliphatic carbocycles. The van der Waals surface area contributed by atoms with Gasteiger partial charge in [-0.05, 0) is 6.92 Å². The quantitative estimate of drug-likeness (QED) is 0.801. The molecule has 0 radical (unpaired) electrons. The maximum Gasteiger partial charge on any atom is 0.341 e. The number of hydrogen-bond acceptors (Lipinski definition) is 6. The third-order valence-corrected chi connectivity index (χ3v) is 3.44. The minimum absolute atomic E-state index is 0. The number of carboxylic acids is 1. The smallest absolute Gasteiger partial charge is 0.341 e. The highest BCUT2D eigenvalue weighted by atomic mass is 35.5. The highest BCUT2D eigenvalue weighted by Crippen LogP contribution is 2.35. The zero-order valence-corrected chi connectivity index (χ0v) is 12.8. The maximum atomic E-state index is 11.6. The Hall–Kier alpha value is -1.73. The molecule has 0 atom stereocenters. The third-order valence-electron chi connectivity index (χ3n) is 3.06. The van der Waals surface area contributed by atoms with E-state index in [9.17, 15) is 9.59 Å². The number of nitrogen functional groups attached to an aromatic ring is 1. The van der Waals surface area contributed by atoms with Crippen molar-refractivity contribution in [1.82, 2.24) is 4.98 Å². The number of esters is 1. The zero-order chi connectivity index (χ0) is 14.9. The summed E-state index contributed by atoms with van der Waals surface area (Å²) in [5.41, 5.74) is 6.01. The van der Waals surface area contributed by atoms with Gasteiger partial charge in [-0.1, -0.05) is 11.6 Å². The third kappa shape index (κ3) is 3.30. The number of nitrogens with zero attached hydrogens (tertiary/aromatic N) is 2. The van der Waals surface area contributed by atoms with Gasteiger partial charge in [0, 0.05) is 19.3 Å². The van der Waals surface area contributed by atoms with Gasteiger partial charge < -0.3 is 20.5 Å². The minimum Gasteiger partial charge on any atom is -0.481 e. The van der Waals surface area contributed by atoms with E-state index in [-0.39, 0.29) is 35.3 Å². The van der Waals surface area contributed by atoms with E-state index in [0.29, 0.717) is 18.9 Å². The van der Waals surface area contributed by atoms with E-state index in [0.717, 1.165) is 0 Å². The molecule has 7 nitrogen and oxygen atoms in total. The Morgan fingerprint density at radius 3 is 2.71 bits per heavy atom. The molecule has 2 heterocycles. The second kappa shape index (κ2) is 6.82. The van der Waals surface area contributed by atoms with Crippen LogP contribution in [0.4, 0.5) is 11.5 Å². The predicted molar refractivity (Wildman–Crippen MR) is 80.2 cm³/mol. The summed E-state index contributed by atoms with van der Waals surface area (Å²) in [4.78, 5) is 28.2. The van der Waals surface area contributed by atoms with Crippen LogP contribution in [0, 0.1) is 5.92 Å². The second-order valence-electron chi connectivity index (χ2n) is 4.38. The molecule has 1 aromatic rings. The lowest BCUT2D eigenvalue weighted by Crippen LogP contribution is -2.51. The number of rotatable bonds is 4. The molecule has 0 unspecified atom stereocenters. The predicted octanol–water partition coefficient (Wildman–Crippen LogP) is 1.44. The summed E-state index contributed by atoms with van der Waals surface area (Å²) in [6.07, 6.45) is 1.29. The van der Waals surface area contributed by atoms with Crippen molar-refractivity contribution < 1.29 is 19.4 Å². The van der Waals surface area contributed by atoms with E-state index in [1.165, 1.54) is 6.20 Å². The first-order chi connectivity index (χ1) is 9.45. The van der Waals surface area contributed by atoms with Crippen molar-refractivity contribution in [2.75, 3.05) is 30.3 Å². The zero-order valence-electron chi connectivity index (χ0n) is 11.2. The molecule has 0 saturated carbocycles. The van der Waals surface area contributed by atoms with Gasteiger partial charge in [-0.25, -0.2) is 9.78 Å². The first-order valence-corrected chi connectivity index (χ1v) is 6.42. The standard InChI is InChI=1S/C12H14ClN3O4.ClH/c1-2-20-12(19)7-3-15-10(8(13)9(7)14)16-4-6(5-16)11(17)18;/h3,6H,2,4-5H2,1H3,(H2,14,15)(H,17,18);1H. The molecule has 1 aliphatic heterocycles. The number of carboxylic acid groups (broad SMARTS) is 1. The molecule has 0 amide bonds. The van der Waals surface area contributed by atoms with Gasteiger partial charge in [0.25, 0.3) is 0 Å². The average Bonchev–Trinajstić information content (AvgIpc) is 2.32. The van der Waals surface area contributed by atoms with Crippen molar-refractivity contribution in [2.24, 2.45) is 5.92 Å². The van der Waals surface area contributed by atoms with Crippen molar-refractivity contribution >= 4 is 47.5 Å². The number of ether oxygens (including phenoxy) is 1. The Morgan fingerprint density at radius 1 is 1.57 bits per heavy atom. The maximum absolute atomic E-state index is 11.6. The number of carbonyl (C=O) groups excluding carboxylic acids is 1. The van der Waals surface area contributed by atoms with Crippen LogP contribution in [0.15, 0.2) is 6.20 Å². The summed E-state index contributed by atoms with van der Waals surface area (Å²) in [6, 6.07) is 0. The summed E-state index contributed by atoms with van der Waals surface area (Å²) in [5.74, 6) is -1.49. The average molecular weight is 336 g/mol. The SMILES string of the molecule is CCOC(=O)c1cnc(N2CC(C(=O)O)C2)c(Cl)c1N.Cl. The van der Waals surface area contributed by atoms with E-state index in [1.807, 2.05) is 0 Å². The largest absolute Gasteiger partial charge is 0.481 e. The van der Waals surface area contributed by atoms with Gasteiger partial charge in [0.1, 0.15) is 16.4 Å². The molecular formula is C12H15Cl2N3O4. The summed E-state index contributed by atoms with van der Waals surface area (Å²) in [7, 11) is 0. The Balaban J connectivity index is 0.00000220. The summed E-state index contributed by atoms with van der Waals surface area (Å²) < 4.78 is 4.84. The van der Waals surface area contributed by atoms with Crippen molar-refractivity contribution in [3.63, 3.8) is 0 Å². The molecule has 0 aromatic carbocycles. The molecule has 1 aromatic heterocycles. The summed E-state index contributed by atoms with van der Waals surface area (Å²) in [5, 5.41) is 8.97. The van der Waals surface area contributed by atoms with Crippen LogP contribution in [0.1, 0.15) is 17.3 Å². The second-order valence-corrected chi connectivity index (χ2v) is 4.76. The molecule has 3 N–H and O–H groups in total. The molecular weight excluding hydrogens is 321 g/mol. The molecule has 9 heteroatoms. The molecule has 1 saturated heterocycles. The van der Waals surface area contributed by atoms with Gasteiger partial charge in [-0.3, -0.25) is 4.79 Å². The number of carbonyl (C=O) groups is 2. The van der Waals surface area contributed by atoms with E-state index in [2.05, 4.69) is 4.98 Å². The highest BCUT2D eigenvalue weighted by molar-refractivity contribution is 6.36. The number of hydrogen-bond donors (Lipinski definition) is 2. The van der Waals surface area contributed by atoms with Gasteiger partial charge in [-0.15, -0.1) is 12.4 Å². The Labute approximate surface area is 132 Å². The van der Waals surface area contributed by atoms with Gasteiger partial charge in [0.05, 0.1) is 18.2 Å². The first-order valence-electron chi connectivity index (χ1n) is 6.04. The van der Waals surface area contributed by atoms with E-state index in [1.54, 1.807) is 11.8 Å². The van der Waals surface area contributed by atoms with Crippen LogP contribution < -0.4 is 10.6 Å². The van der Waals surface area contributed by atoms with Gasteiger partial charge in [0.15, 0.2) is 0 Å². The Kier molecular flexibility index (Phi) is 5.62. The molecule has 1 aliphatic rings. The molecule has 116 valence electrons. The van der Waals surface area contributed by atoms with Crippen molar-refractivity contribution in [3.8, 4) is 0 Å². The number of nitrogens with two attached hydrogens (primary N) is 1.